The van der Waals surface area contributed by atoms with E-state index in [4.69, 9.17) is 10.5 Å². The third-order valence-electron chi connectivity index (χ3n) is 5.27. The molecule has 1 aliphatic heterocycles. The summed E-state index contributed by atoms with van der Waals surface area (Å²) in [5, 5.41) is 0. The summed E-state index contributed by atoms with van der Waals surface area (Å²) in [6.45, 7) is 11.2. The van der Waals surface area contributed by atoms with Crippen molar-refractivity contribution in [3.63, 3.8) is 0 Å². The highest BCUT2D eigenvalue weighted by molar-refractivity contribution is 5.07. The van der Waals surface area contributed by atoms with E-state index >= 15 is 0 Å². The highest BCUT2D eigenvalue weighted by Gasteiger charge is 2.54. The van der Waals surface area contributed by atoms with Crippen molar-refractivity contribution < 1.29 is 4.74 Å². The lowest BCUT2D eigenvalue weighted by atomic mass is 9.63. The van der Waals surface area contributed by atoms with Crippen LogP contribution in [0.3, 0.4) is 0 Å². The average Bonchev–Trinajstić information content (AvgIpc) is 2.47. The molecule has 0 radical (unpaired) electrons. The molecule has 0 aromatic carbocycles. The van der Waals surface area contributed by atoms with Crippen LogP contribution in [0.15, 0.2) is 0 Å². The molecule has 0 aromatic heterocycles. The van der Waals surface area contributed by atoms with E-state index in [1.54, 1.807) is 0 Å². The largest absolute Gasteiger partial charge is 0.369 e. The van der Waals surface area contributed by atoms with Gasteiger partial charge in [0.15, 0.2) is 0 Å². The van der Waals surface area contributed by atoms with Gasteiger partial charge in [0.05, 0.1) is 11.2 Å². The molecule has 0 spiro atoms. The summed E-state index contributed by atoms with van der Waals surface area (Å²) in [4.78, 5) is 0. The Hall–Kier alpha value is -0.0800. The molecule has 1 aliphatic carbocycles. The summed E-state index contributed by atoms with van der Waals surface area (Å²) in [6, 6.07) is 0. The number of rotatable bonds is 2. The number of nitrogens with two attached hydrogens (primary N) is 1. The summed E-state index contributed by atoms with van der Waals surface area (Å²) >= 11 is 0. The second-order valence-corrected chi connectivity index (χ2v) is 7.83. The molecule has 2 N–H and O–H groups in total. The molecule has 18 heavy (non-hydrogen) atoms. The molecule has 0 amide bonds. The fourth-order valence-electron chi connectivity index (χ4n) is 4.58. The Morgan fingerprint density at radius 1 is 1.17 bits per heavy atom. The van der Waals surface area contributed by atoms with Crippen molar-refractivity contribution in [3.05, 3.63) is 0 Å². The highest BCUT2D eigenvalue weighted by atomic mass is 16.5. The van der Waals surface area contributed by atoms with Crippen molar-refractivity contribution in [2.45, 2.75) is 89.9 Å². The second-order valence-electron chi connectivity index (χ2n) is 7.83. The minimum atomic E-state index is -0.0755. The maximum Gasteiger partial charge on any atom is 0.0680 e. The van der Waals surface area contributed by atoms with Crippen molar-refractivity contribution in [1.29, 1.82) is 0 Å². The van der Waals surface area contributed by atoms with Crippen LogP contribution in [0.25, 0.3) is 0 Å². The van der Waals surface area contributed by atoms with E-state index in [0.29, 0.717) is 5.92 Å². The summed E-state index contributed by atoms with van der Waals surface area (Å²) in [7, 11) is 0. The first-order valence-electron chi connectivity index (χ1n) is 7.68. The van der Waals surface area contributed by atoms with E-state index in [9.17, 15) is 0 Å². The molecule has 0 bridgehead atoms. The topological polar surface area (TPSA) is 35.2 Å². The molecule has 1 heterocycles. The van der Waals surface area contributed by atoms with Crippen molar-refractivity contribution in [3.8, 4) is 0 Å². The molecule has 0 aromatic rings. The van der Waals surface area contributed by atoms with Crippen LogP contribution in [-0.2, 0) is 4.74 Å². The van der Waals surface area contributed by atoms with Crippen LogP contribution in [-0.4, -0.2) is 16.7 Å². The van der Waals surface area contributed by atoms with Crippen LogP contribution in [0, 0.1) is 11.8 Å². The van der Waals surface area contributed by atoms with Crippen LogP contribution >= 0.6 is 0 Å². The first-order chi connectivity index (χ1) is 8.19. The van der Waals surface area contributed by atoms with E-state index in [1.165, 1.54) is 32.1 Å². The number of ether oxygens (including phenoxy) is 1. The van der Waals surface area contributed by atoms with Crippen molar-refractivity contribution >= 4 is 0 Å². The van der Waals surface area contributed by atoms with E-state index in [1.807, 2.05) is 0 Å². The fraction of sp³-hybridized carbons (Fsp3) is 1.00. The monoisotopic (exact) mass is 253 g/mol. The average molecular weight is 253 g/mol. The number of hydrogen-bond donors (Lipinski definition) is 1. The van der Waals surface area contributed by atoms with Crippen molar-refractivity contribution in [1.82, 2.24) is 0 Å². The van der Waals surface area contributed by atoms with Gasteiger partial charge < -0.3 is 10.5 Å². The van der Waals surface area contributed by atoms with Gasteiger partial charge in [-0.05, 0) is 52.9 Å². The van der Waals surface area contributed by atoms with Crippen LogP contribution < -0.4 is 5.73 Å². The summed E-state index contributed by atoms with van der Waals surface area (Å²) in [5.41, 5.74) is 6.75. The third-order valence-corrected chi connectivity index (χ3v) is 5.27. The van der Waals surface area contributed by atoms with Gasteiger partial charge >= 0.3 is 0 Å². The van der Waals surface area contributed by atoms with Gasteiger partial charge in [0.1, 0.15) is 0 Å². The first-order valence-corrected chi connectivity index (χ1v) is 7.68. The predicted octanol–water partition coefficient (Wildman–Crippen LogP) is 3.88. The summed E-state index contributed by atoms with van der Waals surface area (Å²) in [6.07, 6.45) is 7.41. The highest BCUT2D eigenvalue weighted by Crippen LogP contribution is 2.51. The van der Waals surface area contributed by atoms with Crippen LogP contribution in [0.4, 0.5) is 0 Å². The SMILES string of the molecule is CCC1CCCC(N)(C2CC(C)(C)OC2(C)C)C1. The Kier molecular flexibility index (Phi) is 3.57. The molecule has 106 valence electrons. The smallest absolute Gasteiger partial charge is 0.0680 e. The van der Waals surface area contributed by atoms with Gasteiger partial charge in [-0.3, -0.25) is 0 Å². The molecular weight excluding hydrogens is 222 g/mol. The van der Waals surface area contributed by atoms with Gasteiger partial charge in [-0.25, -0.2) is 0 Å². The van der Waals surface area contributed by atoms with Gasteiger partial charge in [0, 0.05) is 11.5 Å². The first kappa shape index (κ1) is 14.3. The fourth-order valence-corrected chi connectivity index (χ4v) is 4.58. The van der Waals surface area contributed by atoms with Gasteiger partial charge in [-0.2, -0.15) is 0 Å². The van der Waals surface area contributed by atoms with Gasteiger partial charge in [-0.1, -0.05) is 26.2 Å². The van der Waals surface area contributed by atoms with Crippen LogP contribution in [0.2, 0.25) is 0 Å². The second kappa shape index (κ2) is 4.49. The molecule has 3 atom stereocenters. The molecule has 1 saturated heterocycles. The van der Waals surface area contributed by atoms with Crippen molar-refractivity contribution in [2.24, 2.45) is 17.6 Å². The predicted molar refractivity (Wildman–Crippen MR) is 76.5 cm³/mol. The van der Waals surface area contributed by atoms with Crippen LogP contribution in [0.5, 0.6) is 0 Å². The third kappa shape index (κ3) is 2.60. The van der Waals surface area contributed by atoms with E-state index in [-0.39, 0.29) is 16.7 Å². The Morgan fingerprint density at radius 3 is 2.33 bits per heavy atom. The normalized spacial score (nSPS) is 43.0. The summed E-state index contributed by atoms with van der Waals surface area (Å²) < 4.78 is 6.26. The molecule has 2 rings (SSSR count). The van der Waals surface area contributed by atoms with Gasteiger partial charge in [0.25, 0.3) is 0 Å². The Bertz CT molecular complexity index is 310. The Morgan fingerprint density at radius 2 is 1.83 bits per heavy atom. The molecule has 1 saturated carbocycles. The maximum atomic E-state index is 6.85. The standard InChI is InChI=1S/C16H31NO/c1-6-12-8-7-9-16(17,10-12)13-11-14(2,3)18-15(13,4)5/h12-13H,6-11,17H2,1-5H3. The lowest BCUT2D eigenvalue weighted by molar-refractivity contribution is -0.0851. The number of hydrogen-bond acceptors (Lipinski definition) is 2. The molecular formula is C16H31NO. The van der Waals surface area contributed by atoms with Crippen LogP contribution in [0.1, 0.15) is 73.1 Å². The Balaban J connectivity index is 2.19. The van der Waals surface area contributed by atoms with E-state index in [2.05, 4.69) is 34.6 Å². The zero-order valence-corrected chi connectivity index (χ0v) is 12.9. The van der Waals surface area contributed by atoms with Gasteiger partial charge in [-0.15, -0.1) is 0 Å². The molecule has 2 heteroatoms. The maximum absolute atomic E-state index is 6.85. The zero-order chi connectivity index (χ0) is 13.6. The molecule has 2 fully saturated rings. The van der Waals surface area contributed by atoms with E-state index < -0.39 is 0 Å². The molecule has 2 nitrogen and oxygen atoms in total. The van der Waals surface area contributed by atoms with Gasteiger partial charge in [0.2, 0.25) is 0 Å². The lowest BCUT2D eigenvalue weighted by Crippen LogP contribution is -2.55. The quantitative estimate of drug-likeness (QED) is 0.810. The minimum Gasteiger partial charge on any atom is -0.369 e. The Labute approximate surface area is 113 Å². The minimum absolute atomic E-state index is 0.00377. The zero-order valence-electron chi connectivity index (χ0n) is 12.9. The van der Waals surface area contributed by atoms with Crippen molar-refractivity contribution in [2.75, 3.05) is 0 Å². The lowest BCUT2D eigenvalue weighted by Gasteiger charge is -2.46. The molecule has 3 unspecified atom stereocenters. The van der Waals surface area contributed by atoms with E-state index in [0.717, 1.165) is 12.3 Å². The summed E-state index contributed by atoms with van der Waals surface area (Å²) in [5.74, 6) is 1.32. The molecule has 2 aliphatic rings.